The molecule has 0 amide bonds. The molecule has 2 rings (SSSR count). The van der Waals surface area contributed by atoms with E-state index < -0.39 is 0 Å². The van der Waals surface area contributed by atoms with Gasteiger partial charge in [-0.2, -0.15) is 0 Å². The summed E-state index contributed by atoms with van der Waals surface area (Å²) >= 11 is 0. The van der Waals surface area contributed by atoms with Crippen LogP contribution in [0.25, 0.3) is 0 Å². The Hall–Kier alpha value is -0.860. The number of aliphatic hydroxyl groups is 1. The van der Waals surface area contributed by atoms with E-state index in [-0.39, 0.29) is 12.2 Å². The maximum absolute atomic E-state index is 9.50. The summed E-state index contributed by atoms with van der Waals surface area (Å²) in [5, 5.41) is 9.50. The fourth-order valence-corrected chi connectivity index (χ4v) is 2.06. The molecule has 1 aromatic carbocycles. The molecule has 0 unspecified atom stereocenters. The molecule has 2 atom stereocenters. The Bertz CT molecular complexity index is 284. The van der Waals surface area contributed by atoms with E-state index in [1.165, 1.54) is 5.56 Å². The second-order valence-electron chi connectivity index (χ2n) is 4.24. The smallest absolute Gasteiger partial charge is 0.0720 e. The van der Waals surface area contributed by atoms with Crippen LogP contribution < -0.4 is 0 Å². The summed E-state index contributed by atoms with van der Waals surface area (Å²) in [5.41, 5.74) is 1.21. The SMILES string of the molecule is O[C@H]1CCC[C@H](OCc2ccccc2)C1. The van der Waals surface area contributed by atoms with Gasteiger partial charge in [-0.25, -0.2) is 0 Å². The van der Waals surface area contributed by atoms with Crippen molar-refractivity contribution in [1.82, 2.24) is 0 Å². The first-order chi connectivity index (χ1) is 7.34. The standard InChI is InChI=1S/C13H18O2/c14-12-7-4-8-13(9-12)15-10-11-5-2-1-3-6-11/h1-3,5-6,12-14H,4,7-10H2/t12-,13-/m0/s1. The molecular formula is C13H18O2. The van der Waals surface area contributed by atoms with E-state index >= 15 is 0 Å². The number of aliphatic hydroxyl groups excluding tert-OH is 1. The molecule has 1 saturated carbocycles. The zero-order chi connectivity index (χ0) is 10.5. The van der Waals surface area contributed by atoms with Crippen LogP contribution in [0.1, 0.15) is 31.2 Å². The van der Waals surface area contributed by atoms with E-state index in [0.717, 1.165) is 25.7 Å². The molecular weight excluding hydrogens is 188 g/mol. The van der Waals surface area contributed by atoms with Crippen LogP contribution in [0.2, 0.25) is 0 Å². The summed E-state index contributed by atoms with van der Waals surface area (Å²) in [7, 11) is 0. The average molecular weight is 206 g/mol. The van der Waals surface area contributed by atoms with Crippen molar-refractivity contribution < 1.29 is 9.84 Å². The number of hydrogen-bond donors (Lipinski definition) is 1. The molecule has 2 heteroatoms. The second-order valence-corrected chi connectivity index (χ2v) is 4.24. The van der Waals surface area contributed by atoms with Crippen molar-refractivity contribution in [2.75, 3.05) is 0 Å². The van der Waals surface area contributed by atoms with Crippen LogP contribution in [0.5, 0.6) is 0 Å². The summed E-state index contributed by atoms with van der Waals surface area (Å²) < 4.78 is 5.78. The van der Waals surface area contributed by atoms with E-state index in [2.05, 4.69) is 12.1 Å². The highest BCUT2D eigenvalue weighted by atomic mass is 16.5. The van der Waals surface area contributed by atoms with Crippen LogP contribution >= 0.6 is 0 Å². The maximum Gasteiger partial charge on any atom is 0.0720 e. The van der Waals surface area contributed by atoms with Gasteiger partial charge in [0.15, 0.2) is 0 Å². The molecule has 15 heavy (non-hydrogen) atoms. The van der Waals surface area contributed by atoms with Crippen molar-refractivity contribution in [3.63, 3.8) is 0 Å². The van der Waals surface area contributed by atoms with Crippen LogP contribution in [0.15, 0.2) is 30.3 Å². The predicted octanol–water partition coefficient (Wildman–Crippen LogP) is 2.51. The Kier molecular flexibility index (Phi) is 3.75. The van der Waals surface area contributed by atoms with Gasteiger partial charge in [0.25, 0.3) is 0 Å². The molecule has 82 valence electrons. The summed E-state index contributed by atoms with van der Waals surface area (Å²) in [6.07, 6.45) is 4.00. The van der Waals surface area contributed by atoms with E-state index in [9.17, 15) is 5.11 Å². The Morgan fingerprint density at radius 1 is 1.20 bits per heavy atom. The number of ether oxygens (including phenoxy) is 1. The second kappa shape index (κ2) is 5.29. The summed E-state index contributed by atoms with van der Waals surface area (Å²) in [5.74, 6) is 0. The third-order valence-corrected chi connectivity index (χ3v) is 2.93. The molecule has 0 saturated heterocycles. The topological polar surface area (TPSA) is 29.5 Å². The highest BCUT2D eigenvalue weighted by Crippen LogP contribution is 2.21. The van der Waals surface area contributed by atoms with Gasteiger partial charge in [-0.05, 0) is 31.2 Å². The van der Waals surface area contributed by atoms with Gasteiger partial charge in [0.05, 0.1) is 18.8 Å². The number of hydrogen-bond acceptors (Lipinski definition) is 2. The third-order valence-electron chi connectivity index (χ3n) is 2.93. The van der Waals surface area contributed by atoms with E-state index in [4.69, 9.17) is 4.74 Å². The van der Waals surface area contributed by atoms with Gasteiger partial charge in [0.1, 0.15) is 0 Å². The van der Waals surface area contributed by atoms with Crippen LogP contribution in [-0.4, -0.2) is 17.3 Å². The molecule has 0 spiro atoms. The summed E-state index contributed by atoms with van der Waals surface area (Å²) in [6.45, 7) is 0.665. The molecule has 2 nitrogen and oxygen atoms in total. The lowest BCUT2D eigenvalue weighted by molar-refractivity contribution is -0.0228. The normalized spacial score (nSPS) is 26.5. The van der Waals surface area contributed by atoms with Gasteiger partial charge in [-0.15, -0.1) is 0 Å². The molecule has 0 bridgehead atoms. The molecule has 1 aromatic rings. The first-order valence-corrected chi connectivity index (χ1v) is 5.68. The van der Waals surface area contributed by atoms with E-state index in [1.807, 2.05) is 18.2 Å². The summed E-state index contributed by atoms with van der Waals surface area (Å²) in [6, 6.07) is 10.2. The zero-order valence-electron chi connectivity index (χ0n) is 8.93. The van der Waals surface area contributed by atoms with E-state index in [1.54, 1.807) is 0 Å². The zero-order valence-corrected chi connectivity index (χ0v) is 8.93. The largest absolute Gasteiger partial charge is 0.393 e. The minimum atomic E-state index is -0.153. The van der Waals surface area contributed by atoms with E-state index in [0.29, 0.717) is 6.61 Å². The van der Waals surface area contributed by atoms with Crippen molar-refractivity contribution in [3.05, 3.63) is 35.9 Å². The average Bonchev–Trinajstić information content (AvgIpc) is 2.28. The van der Waals surface area contributed by atoms with Crippen LogP contribution in [0.3, 0.4) is 0 Å². The van der Waals surface area contributed by atoms with Crippen LogP contribution in [0.4, 0.5) is 0 Å². The first-order valence-electron chi connectivity index (χ1n) is 5.68. The lowest BCUT2D eigenvalue weighted by atomic mass is 9.95. The van der Waals surface area contributed by atoms with Gasteiger partial charge in [0, 0.05) is 0 Å². The summed E-state index contributed by atoms with van der Waals surface area (Å²) in [4.78, 5) is 0. The molecule has 1 aliphatic rings. The van der Waals surface area contributed by atoms with Gasteiger partial charge in [-0.3, -0.25) is 0 Å². The monoisotopic (exact) mass is 206 g/mol. The van der Waals surface area contributed by atoms with Gasteiger partial charge in [-0.1, -0.05) is 30.3 Å². The van der Waals surface area contributed by atoms with Gasteiger partial charge >= 0.3 is 0 Å². The van der Waals surface area contributed by atoms with Crippen molar-refractivity contribution >= 4 is 0 Å². The van der Waals surface area contributed by atoms with Gasteiger partial charge < -0.3 is 9.84 Å². The molecule has 0 heterocycles. The molecule has 1 aliphatic carbocycles. The van der Waals surface area contributed by atoms with Crippen molar-refractivity contribution in [2.45, 2.75) is 44.5 Å². The third kappa shape index (κ3) is 3.33. The number of benzene rings is 1. The highest BCUT2D eigenvalue weighted by molar-refractivity contribution is 5.13. The molecule has 1 fully saturated rings. The fraction of sp³-hybridized carbons (Fsp3) is 0.538. The Balaban J connectivity index is 1.78. The fourth-order valence-electron chi connectivity index (χ4n) is 2.06. The minimum Gasteiger partial charge on any atom is -0.393 e. The maximum atomic E-state index is 9.50. The van der Waals surface area contributed by atoms with Crippen molar-refractivity contribution in [3.8, 4) is 0 Å². The lowest BCUT2D eigenvalue weighted by Crippen LogP contribution is -2.25. The minimum absolute atomic E-state index is 0.153. The first kappa shape index (κ1) is 10.7. The van der Waals surface area contributed by atoms with Gasteiger partial charge in [0.2, 0.25) is 0 Å². The van der Waals surface area contributed by atoms with Crippen molar-refractivity contribution in [1.29, 1.82) is 0 Å². The van der Waals surface area contributed by atoms with Crippen molar-refractivity contribution in [2.24, 2.45) is 0 Å². The highest BCUT2D eigenvalue weighted by Gasteiger charge is 2.20. The lowest BCUT2D eigenvalue weighted by Gasteiger charge is -2.25. The molecule has 0 aliphatic heterocycles. The molecule has 1 N–H and O–H groups in total. The molecule has 0 aromatic heterocycles. The predicted molar refractivity (Wildman–Crippen MR) is 59.5 cm³/mol. The Labute approximate surface area is 90.9 Å². The van der Waals surface area contributed by atoms with Crippen LogP contribution in [-0.2, 0) is 11.3 Å². The number of rotatable bonds is 3. The quantitative estimate of drug-likeness (QED) is 0.823. The van der Waals surface area contributed by atoms with Crippen LogP contribution in [0, 0.1) is 0 Å². The Morgan fingerprint density at radius 2 is 2.00 bits per heavy atom. The Morgan fingerprint density at radius 3 is 2.73 bits per heavy atom. The molecule has 0 radical (unpaired) electrons.